The van der Waals surface area contributed by atoms with E-state index in [1.807, 2.05) is 35.9 Å². The number of nitrogens with zero attached hydrogens (tertiary/aromatic N) is 2. The summed E-state index contributed by atoms with van der Waals surface area (Å²) in [4.78, 5) is 4.23. The van der Waals surface area contributed by atoms with E-state index in [-0.39, 0.29) is 0 Å². The Balaban J connectivity index is 2.69. The molecule has 2 rings (SSSR count). The van der Waals surface area contributed by atoms with Crippen molar-refractivity contribution in [2.75, 3.05) is 0 Å². The van der Waals surface area contributed by atoms with E-state index in [1.165, 1.54) is 0 Å². The Morgan fingerprint density at radius 1 is 1.58 bits per heavy atom. The van der Waals surface area contributed by atoms with Crippen molar-refractivity contribution in [2.24, 2.45) is 0 Å². The van der Waals surface area contributed by atoms with Gasteiger partial charge in [0.05, 0.1) is 0 Å². The van der Waals surface area contributed by atoms with Gasteiger partial charge in [0.15, 0.2) is 0 Å². The van der Waals surface area contributed by atoms with Crippen LogP contribution in [-0.4, -0.2) is 9.38 Å². The van der Waals surface area contributed by atoms with E-state index < -0.39 is 0 Å². The molecule has 12 heavy (non-hydrogen) atoms. The van der Waals surface area contributed by atoms with Crippen molar-refractivity contribution in [1.82, 2.24) is 9.38 Å². The number of aryl methyl sites for hydroxylation is 1. The Hall–Kier alpha value is -1.02. The van der Waals surface area contributed by atoms with Gasteiger partial charge in [-0.15, -0.1) is 11.6 Å². The van der Waals surface area contributed by atoms with Crippen molar-refractivity contribution in [2.45, 2.75) is 12.8 Å². The predicted molar refractivity (Wildman–Crippen MR) is 49.5 cm³/mol. The third kappa shape index (κ3) is 1.08. The second-order valence-corrected chi connectivity index (χ2v) is 3.06. The van der Waals surface area contributed by atoms with E-state index in [0.717, 1.165) is 16.9 Å². The van der Waals surface area contributed by atoms with Gasteiger partial charge in [-0.05, 0) is 24.6 Å². The van der Waals surface area contributed by atoms with E-state index in [0.29, 0.717) is 5.88 Å². The molecule has 62 valence electrons. The van der Waals surface area contributed by atoms with Crippen LogP contribution in [0.1, 0.15) is 11.3 Å². The van der Waals surface area contributed by atoms with Crippen LogP contribution in [0.5, 0.6) is 0 Å². The Labute approximate surface area is 75.8 Å². The molecule has 2 aromatic heterocycles. The Kier molecular flexibility index (Phi) is 1.77. The number of rotatable bonds is 1. The van der Waals surface area contributed by atoms with Crippen LogP contribution in [0.4, 0.5) is 0 Å². The van der Waals surface area contributed by atoms with Crippen LogP contribution in [0, 0.1) is 6.92 Å². The maximum absolute atomic E-state index is 5.70. The number of pyridine rings is 1. The minimum absolute atomic E-state index is 0.544. The standard InChI is InChI=1S/C9H9ClN2/c1-7-6-11-9-4-8(5-10)2-3-12(7)9/h2-4,6H,5H2,1H3. The molecule has 0 spiro atoms. The maximum Gasteiger partial charge on any atom is 0.137 e. The van der Waals surface area contributed by atoms with Crippen molar-refractivity contribution < 1.29 is 0 Å². The maximum atomic E-state index is 5.70. The van der Waals surface area contributed by atoms with Gasteiger partial charge in [0.2, 0.25) is 0 Å². The lowest BCUT2D eigenvalue weighted by Gasteiger charge is -1.97. The van der Waals surface area contributed by atoms with Crippen molar-refractivity contribution >= 4 is 17.2 Å². The van der Waals surface area contributed by atoms with Gasteiger partial charge in [-0.1, -0.05) is 0 Å². The number of alkyl halides is 1. The van der Waals surface area contributed by atoms with Gasteiger partial charge >= 0.3 is 0 Å². The van der Waals surface area contributed by atoms with Gasteiger partial charge in [-0.3, -0.25) is 0 Å². The summed E-state index contributed by atoms with van der Waals surface area (Å²) in [5.74, 6) is 0.544. The van der Waals surface area contributed by atoms with Gasteiger partial charge in [-0.2, -0.15) is 0 Å². The molecule has 0 aliphatic rings. The van der Waals surface area contributed by atoms with Gasteiger partial charge in [-0.25, -0.2) is 4.98 Å². The van der Waals surface area contributed by atoms with E-state index in [4.69, 9.17) is 11.6 Å². The van der Waals surface area contributed by atoms with Gasteiger partial charge in [0, 0.05) is 24.0 Å². The summed E-state index contributed by atoms with van der Waals surface area (Å²) in [7, 11) is 0. The number of hydrogen-bond donors (Lipinski definition) is 0. The first-order valence-electron chi connectivity index (χ1n) is 3.80. The molecule has 0 amide bonds. The fourth-order valence-electron chi connectivity index (χ4n) is 1.23. The molecule has 2 nitrogen and oxygen atoms in total. The molecule has 0 radical (unpaired) electrons. The molecular formula is C9H9ClN2. The third-order valence-corrected chi connectivity index (χ3v) is 2.23. The highest BCUT2D eigenvalue weighted by Gasteiger charge is 1.98. The lowest BCUT2D eigenvalue weighted by atomic mass is 10.3. The molecule has 0 aliphatic carbocycles. The topological polar surface area (TPSA) is 17.3 Å². The summed E-state index contributed by atoms with van der Waals surface area (Å²) in [5, 5.41) is 0. The molecule has 0 saturated carbocycles. The third-order valence-electron chi connectivity index (χ3n) is 1.92. The summed E-state index contributed by atoms with van der Waals surface area (Å²) in [5.41, 5.74) is 3.21. The minimum Gasteiger partial charge on any atom is -0.304 e. The molecule has 0 aliphatic heterocycles. The Morgan fingerprint density at radius 2 is 2.42 bits per heavy atom. The quantitative estimate of drug-likeness (QED) is 0.616. The monoisotopic (exact) mass is 180 g/mol. The van der Waals surface area contributed by atoms with Crippen LogP contribution in [0.3, 0.4) is 0 Å². The average molecular weight is 181 g/mol. The molecule has 3 heteroatoms. The number of halogens is 1. The van der Waals surface area contributed by atoms with Crippen LogP contribution in [-0.2, 0) is 5.88 Å². The molecule has 0 N–H and O–H groups in total. The molecule has 0 atom stereocenters. The van der Waals surface area contributed by atoms with Crippen molar-refractivity contribution in [1.29, 1.82) is 0 Å². The number of aromatic nitrogens is 2. The second kappa shape index (κ2) is 2.79. The van der Waals surface area contributed by atoms with Crippen LogP contribution >= 0.6 is 11.6 Å². The van der Waals surface area contributed by atoms with E-state index >= 15 is 0 Å². The minimum atomic E-state index is 0.544. The first-order valence-corrected chi connectivity index (χ1v) is 4.33. The van der Waals surface area contributed by atoms with Gasteiger partial charge < -0.3 is 4.40 Å². The van der Waals surface area contributed by atoms with E-state index in [9.17, 15) is 0 Å². The highest BCUT2D eigenvalue weighted by atomic mass is 35.5. The molecule has 2 heterocycles. The fourth-order valence-corrected chi connectivity index (χ4v) is 1.40. The highest BCUT2D eigenvalue weighted by molar-refractivity contribution is 6.17. The van der Waals surface area contributed by atoms with Crippen molar-refractivity contribution in [3.63, 3.8) is 0 Å². The number of hydrogen-bond acceptors (Lipinski definition) is 1. The van der Waals surface area contributed by atoms with Crippen LogP contribution < -0.4 is 0 Å². The van der Waals surface area contributed by atoms with Crippen LogP contribution in [0.2, 0.25) is 0 Å². The Morgan fingerprint density at radius 3 is 3.17 bits per heavy atom. The summed E-state index contributed by atoms with van der Waals surface area (Å²) >= 11 is 5.70. The lowest BCUT2D eigenvalue weighted by Crippen LogP contribution is -1.87. The normalized spacial score (nSPS) is 10.8. The number of imidazole rings is 1. The fraction of sp³-hybridized carbons (Fsp3) is 0.222. The summed E-state index contributed by atoms with van der Waals surface area (Å²) in [6.45, 7) is 2.03. The van der Waals surface area contributed by atoms with Crippen molar-refractivity contribution in [3.05, 3.63) is 35.8 Å². The van der Waals surface area contributed by atoms with E-state index in [2.05, 4.69) is 4.98 Å². The van der Waals surface area contributed by atoms with Crippen molar-refractivity contribution in [3.8, 4) is 0 Å². The molecular weight excluding hydrogens is 172 g/mol. The van der Waals surface area contributed by atoms with E-state index in [1.54, 1.807) is 0 Å². The second-order valence-electron chi connectivity index (χ2n) is 2.80. The smallest absolute Gasteiger partial charge is 0.137 e. The molecule has 0 bridgehead atoms. The SMILES string of the molecule is Cc1cnc2cc(CCl)ccn12. The van der Waals surface area contributed by atoms with Crippen LogP contribution in [0.25, 0.3) is 5.65 Å². The molecule has 0 unspecified atom stereocenters. The van der Waals surface area contributed by atoms with Crippen LogP contribution in [0.15, 0.2) is 24.5 Å². The Bertz CT molecular complexity index is 406. The first kappa shape index (κ1) is 7.62. The summed E-state index contributed by atoms with van der Waals surface area (Å²) in [6.07, 6.45) is 3.85. The summed E-state index contributed by atoms with van der Waals surface area (Å²) in [6, 6.07) is 4.01. The zero-order chi connectivity index (χ0) is 8.55. The number of fused-ring (bicyclic) bond motifs is 1. The molecule has 0 aromatic carbocycles. The predicted octanol–water partition coefficient (Wildman–Crippen LogP) is 2.38. The molecule has 0 fully saturated rings. The van der Waals surface area contributed by atoms with Gasteiger partial charge in [0.25, 0.3) is 0 Å². The summed E-state index contributed by atoms with van der Waals surface area (Å²) < 4.78 is 2.04. The first-order chi connectivity index (χ1) is 5.81. The molecule has 2 aromatic rings. The lowest BCUT2D eigenvalue weighted by molar-refractivity contribution is 1.10. The zero-order valence-electron chi connectivity index (χ0n) is 6.79. The average Bonchev–Trinajstić information content (AvgIpc) is 2.47. The zero-order valence-corrected chi connectivity index (χ0v) is 7.54. The largest absolute Gasteiger partial charge is 0.304 e. The highest BCUT2D eigenvalue weighted by Crippen LogP contribution is 2.09. The van der Waals surface area contributed by atoms with Gasteiger partial charge in [0.1, 0.15) is 5.65 Å². The molecule has 0 saturated heterocycles.